The maximum atomic E-state index is 5.91. The fourth-order valence-electron chi connectivity index (χ4n) is 3.38. The number of piperidine rings is 1. The van der Waals surface area contributed by atoms with Crippen LogP contribution in [-0.2, 0) is 6.42 Å². The van der Waals surface area contributed by atoms with E-state index in [0.29, 0.717) is 11.8 Å². The van der Waals surface area contributed by atoms with Crippen molar-refractivity contribution in [2.45, 2.75) is 25.2 Å². The fourth-order valence-corrected chi connectivity index (χ4v) is 3.38. The summed E-state index contributed by atoms with van der Waals surface area (Å²) in [7, 11) is 0. The maximum absolute atomic E-state index is 5.91. The minimum absolute atomic E-state index is 0.314. The van der Waals surface area contributed by atoms with E-state index in [1.54, 1.807) is 6.20 Å². The molecule has 4 rings (SSSR count). The molecule has 0 bridgehead atoms. The summed E-state index contributed by atoms with van der Waals surface area (Å²) in [4.78, 5) is 6.78. The molecule has 2 aromatic heterocycles. The van der Waals surface area contributed by atoms with Crippen LogP contribution in [0.3, 0.4) is 0 Å². The summed E-state index contributed by atoms with van der Waals surface area (Å²) < 4.78 is 5.91. The molecule has 3 aromatic rings. The Morgan fingerprint density at radius 3 is 2.76 bits per heavy atom. The molecule has 0 saturated carbocycles. The number of hydrogen-bond acceptors (Lipinski definition) is 5. The van der Waals surface area contributed by atoms with Crippen molar-refractivity contribution in [3.63, 3.8) is 0 Å². The van der Waals surface area contributed by atoms with Crippen LogP contribution in [0, 0.1) is 0 Å². The normalized spacial score (nSPS) is 18.3. The molecule has 0 amide bonds. The fraction of sp³-hybridized carbons (Fsp3) is 0.350. The third kappa shape index (κ3) is 3.94. The van der Waals surface area contributed by atoms with Crippen molar-refractivity contribution in [1.82, 2.24) is 20.1 Å². The van der Waals surface area contributed by atoms with Crippen LogP contribution in [0.2, 0.25) is 0 Å². The number of aromatic nitrogens is 3. The van der Waals surface area contributed by atoms with E-state index < -0.39 is 0 Å². The number of hydrogen-bond donors (Lipinski definition) is 0. The SMILES string of the molecule is c1ccc(CCN2CCCC(c3nnc(-c4ccccn4)o3)C2)cc1. The number of nitrogens with zero attached hydrogens (tertiary/aromatic N) is 4. The Morgan fingerprint density at radius 1 is 1.04 bits per heavy atom. The molecule has 25 heavy (non-hydrogen) atoms. The molecule has 128 valence electrons. The van der Waals surface area contributed by atoms with Gasteiger partial charge in [-0.1, -0.05) is 36.4 Å². The number of pyridine rings is 1. The lowest BCUT2D eigenvalue weighted by molar-refractivity contribution is 0.195. The summed E-state index contributed by atoms with van der Waals surface area (Å²) in [5.41, 5.74) is 2.12. The molecule has 5 heteroatoms. The van der Waals surface area contributed by atoms with Crippen molar-refractivity contribution in [1.29, 1.82) is 0 Å². The van der Waals surface area contributed by atoms with Gasteiger partial charge in [-0.15, -0.1) is 10.2 Å². The average Bonchev–Trinajstić information content (AvgIpc) is 3.18. The quantitative estimate of drug-likeness (QED) is 0.714. The van der Waals surface area contributed by atoms with E-state index in [4.69, 9.17) is 4.42 Å². The Morgan fingerprint density at radius 2 is 1.92 bits per heavy atom. The van der Waals surface area contributed by atoms with Gasteiger partial charge in [0.05, 0.1) is 5.92 Å². The number of benzene rings is 1. The molecule has 1 fully saturated rings. The summed E-state index contributed by atoms with van der Waals surface area (Å²) in [6.07, 6.45) is 5.09. The van der Waals surface area contributed by atoms with Crippen LogP contribution < -0.4 is 0 Å². The molecular weight excluding hydrogens is 312 g/mol. The van der Waals surface area contributed by atoms with Crippen molar-refractivity contribution >= 4 is 0 Å². The third-order valence-electron chi connectivity index (χ3n) is 4.74. The van der Waals surface area contributed by atoms with Crippen LogP contribution in [0.25, 0.3) is 11.6 Å². The van der Waals surface area contributed by atoms with E-state index in [2.05, 4.69) is 50.4 Å². The highest BCUT2D eigenvalue weighted by atomic mass is 16.4. The first-order valence-electron chi connectivity index (χ1n) is 8.89. The standard InChI is InChI=1S/C20H22N4O/c1-2-7-16(8-3-1)11-14-24-13-6-9-17(15-24)19-22-23-20(25-19)18-10-4-5-12-21-18/h1-5,7-8,10,12,17H,6,9,11,13-15H2. The molecule has 3 heterocycles. The molecular formula is C20H22N4O. The minimum Gasteiger partial charge on any atom is -0.419 e. The summed E-state index contributed by atoms with van der Waals surface area (Å²) in [6, 6.07) is 16.4. The van der Waals surface area contributed by atoms with Crippen LogP contribution in [0.4, 0.5) is 0 Å². The Labute approximate surface area is 147 Å². The van der Waals surface area contributed by atoms with Crippen LogP contribution in [0.15, 0.2) is 59.1 Å². The second kappa shape index (κ2) is 7.57. The van der Waals surface area contributed by atoms with E-state index in [1.165, 1.54) is 12.0 Å². The first-order valence-corrected chi connectivity index (χ1v) is 8.89. The van der Waals surface area contributed by atoms with Gasteiger partial charge in [0, 0.05) is 19.3 Å². The Hall–Kier alpha value is -2.53. The van der Waals surface area contributed by atoms with E-state index in [9.17, 15) is 0 Å². The molecule has 1 atom stereocenters. The highest BCUT2D eigenvalue weighted by Crippen LogP contribution is 2.28. The zero-order valence-corrected chi connectivity index (χ0v) is 14.2. The highest BCUT2D eigenvalue weighted by Gasteiger charge is 2.26. The molecule has 0 spiro atoms. The molecule has 1 saturated heterocycles. The van der Waals surface area contributed by atoms with Gasteiger partial charge in [-0.05, 0) is 43.5 Å². The lowest BCUT2D eigenvalue weighted by atomic mass is 9.97. The third-order valence-corrected chi connectivity index (χ3v) is 4.74. The summed E-state index contributed by atoms with van der Waals surface area (Å²) >= 11 is 0. The van der Waals surface area contributed by atoms with Gasteiger partial charge >= 0.3 is 0 Å². The van der Waals surface area contributed by atoms with E-state index in [0.717, 1.165) is 44.1 Å². The zero-order chi connectivity index (χ0) is 16.9. The van der Waals surface area contributed by atoms with E-state index in [-0.39, 0.29) is 0 Å². The van der Waals surface area contributed by atoms with Crippen molar-refractivity contribution in [3.8, 4) is 11.6 Å². The Bertz CT molecular complexity index is 788. The molecule has 1 aliphatic rings. The van der Waals surface area contributed by atoms with Gasteiger partial charge in [-0.25, -0.2) is 0 Å². The predicted octanol–water partition coefficient (Wildman–Crippen LogP) is 3.55. The summed E-state index contributed by atoms with van der Waals surface area (Å²) in [5.74, 6) is 1.57. The second-order valence-corrected chi connectivity index (χ2v) is 6.54. The molecule has 0 aliphatic carbocycles. The molecule has 0 N–H and O–H groups in total. The van der Waals surface area contributed by atoms with E-state index >= 15 is 0 Å². The second-order valence-electron chi connectivity index (χ2n) is 6.54. The van der Waals surface area contributed by atoms with Crippen LogP contribution >= 0.6 is 0 Å². The Kier molecular flexibility index (Phi) is 4.84. The van der Waals surface area contributed by atoms with Crippen molar-refractivity contribution < 1.29 is 4.42 Å². The van der Waals surface area contributed by atoms with Gasteiger partial charge in [0.1, 0.15) is 5.69 Å². The van der Waals surface area contributed by atoms with Gasteiger partial charge in [0.15, 0.2) is 0 Å². The van der Waals surface area contributed by atoms with E-state index in [1.807, 2.05) is 18.2 Å². The molecule has 0 radical (unpaired) electrons. The van der Waals surface area contributed by atoms with Crippen molar-refractivity contribution in [2.75, 3.05) is 19.6 Å². The molecule has 1 aliphatic heterocycles. The Balaban J connectivity index is 1.39. The van der Waals surface area contributed by atoms with Crippen molar-refractivity contribution in [2.24, 2.45) is 0 Å². The number of likely N-dealkylation sites (tertiary alicyclic amines) is 1. The van der Waals surface area contributed by atoms with Gasteiger partial charge in [0.25, 0.3) is 5.89 Å². The first kappa shape index (κ1) is 16.0. The average molecular weight is 334 g/mol. The van der Waals surface area contributed by atoms with Gasteiger partial charge < -0.3 is 9.32 Å². The monoisotopic (exact) mass is 334 g/mol. The molecule has 1 aromatic carbocycles. The summed E-state index contributed by atoms with van der Waals surface area (Å²) in [6.45, 7) is 3.20. The van der Waals surface area contributed by atoms with Gasteiger partial charge in [-0.3, -0.25) is 4.98 Å². The number of rotatable bonds is 5. The van der Waals surface area contributed by atoms with Gasteiger partial charge in [0.2, 0.25) is 5.89 Å². The lowest BCUT2D eigenvalue weighted by Gasteiger charge is -2.30. The first-order chi connectivity index (χ1) is 12.4. The summed E-state index contributed by atoms with van der Waals surface area (Å²) in [5, 5.41) is 8.47. The topological polar surface area (TPSA) is 55.1 Å². The largest absolute Gasteiger partial charge is 0.419 e. The van der Waals surface area contributed by atoms with Crippen LogP contribution in [0.1, 0.15) is 30.2 Å². The molecule has 5 nitrogen and oxygen atoms in total. The smallest absolute Gasteiger partial charge is 0.266 e. The predicted molar refractivity (Wildman–Crippen MR) is 96.1 cm³/mol. The van der Waals surface area contributed by atoms with Crippen LogP contribution in [0.5, 0.6) is 0 Å². The van der Waals surface area contributed by atoms with Crippen molar-refractivity contribution in [3.05, 3.63) is 66.2 Å². The van der Waals surface area contributed by atoms with Crippen LogP contribution in [-0.4, -0.2) is 39.7 Å². The highest BCUT2D eigenvalue weighted by molar-refractivity contribution is 5.45. The zero-order valence-electron chi connectivity index (χ0n) is 14.2. The lowest BCUT2D eigenvalue weighted by Crippen LogP contribution is -2.35. The maximum Gasteiger partial charge on any atom is 0.266 e. The minimum atomic E-state index is 0.314. The van der Waals surface area contributed by atoms with Gasteiger partial charge in [-0.2, -0.15) is 0 Å². The molecule has 1 unspecified atom stereocenters.